The first-order chi connectivity index (χ1) is 13.6. The molecule has 0 bridgehead atoms. The Morgan fingerprint density at radius 3 is 2.54 bits per heavy atom. The molecule has 3 heterocycles. The normalized spacial score (nSPS) is 14.2. The molecule has 0 spiro atoms. The van der Waals surface area contributed by atoms with Crippen molar-refractivity contribution < 1.29 is 4.79 Å². The Balaban J connectivity index is 1.42. The van der Waals surface area contributed by atoms with Gasteiger partial charge in [0.05, 0.1) is 18.4 Å². The average molecular weight is 378 g/mol. The molecule has 144 valence electrons. The van der Waals surface area contributed by atoms with Crippen LogP contribution in [0.2, 0.25) is 0 Å². The Labute approximate surface area is 162 Å². The number of hydrogen-bond donors (Lipinski definition) is 3. The van der Waals surface area contributed by atoms with Crippen LogP contribution in [0.15, 0.2) is 30.5 Å². The van der Waals surface area contributed by atoms with Crippen LogP contribution in [0.4, 0.5) is 17.5 Å². The van der Waals surface area contributed by atoms with Crippen LogP contribution in [0.25, 0.3) is 11.2 Å². The second-order valence-electron chi connectivity index (χ2n) is 6.78. The molecule has 1 amide bonds. The molecule has 4 rings (SSSR count). The van der Waals surface area contributed by atoms with Crippen molar-refractivity contribution in [2.75, 3.05) is 29.9 Å². The standard InChI is InChI=1S/C19H22N8O/c20-16-15-17(26-19(21)25-16)23-11-14(24-15)10-22-13-6-4-12(5-7-13)18(28)27-8-2-1-3-9-27/h4-7,11,22H,1-3,8-10H2,(H4,20,21,23,25,26). The van der Waals surface area contributed by atoms with E-state index < -0.39 is 0 Å². The smallest absolute Gasteiger partial charge is 0.253 e. The second kappa shape index (κ2) is 7.63. The van der Waals surface area contributed by atoms with E-state index in [1.54, 1.807) is 6.20 Å². The molecular weight excluding hydrogens is 356 g/mol. The number of nitrogens with one attached hydrogen (secondary N) is 1. The van der Waals surface area contributed by atoms with E-state index in [1.807, 2.05) is 29.2 Å². The number of anilines is 3. The van der Waals surface area contributed by atoms with Crippen molar-refractivity contribution in [2.45, 2.75) is 25.8 Å². The van der Waals surface area contributed by atoms with Gasteiger partial charge in [0.1, 0.15) is 0 Å². The highest BCUT2D eigenvalue weighted by molar-refractivity contribution is 5.94. The maximum Gasteiger partial charge on any atom is 0.253 e. The molecule has 5 N–H and O–H groups in total. The third kappa shape index (κ3) is 3.78. The Morgan fingerprint density at radius 2 is 1.79 bits per heavy atom. The Kier molecular flexibility index (Phi) is 4.88. The van der Waals surface area contributed by atoms with Crippen LogP contribution in [0.1, 0.15) is 35.3 Å². The van der Waals surface area contributed by atoms with Gasteiger partial charge >= 0.3 is 0 Å². The largest absolute Gasteiger partial charge is 0.382 e. The van der Waals surface area contributed by atoms with Crippen LogP contribution < -0.4 is 16.8 Å². The van der Waals surface area contributed by atoms with Crippen molar-refractivity contribution in [3.63, 3.8) is 0 Å². The number of rotatable bonds is 4. The summed E-state index contributed by atoms with van der Waals surface area (Å²) >= 11 is 0. The van der Waals surface area contributed by atoms with E-state index in [9.17, 15) is 4.79 Å². The minimum Gasteiger partial charge on any atom is -0.382 e. The summed E-state index contributed by atoms with van der Waals surface area (Å²) in [6.07, 6.45) is 4.99. The number of fused-ring (bicyclic) bond motifs is 1. The molecule has 9 nitrogen and oxygen atoms in total. The number of benzene rings is 1. The quantitative estimate of drug-likeness (QED) is 0.625. The predicted octanol–water partition coefficient (Wildman–Crippen LogP) is 1.82. The molecule has 1 saturated heterocycles. The van der Waals surface area contributed by atoms with Crippen LogP contribution in [-0.4, -0.2) is 43.8 Å². The summed E-state index contributed by atoms with van der Waals surface area (Å²) in [4.78, 5) is 31.1. The van der Waals surface area contributed by atoms with Gasteiger partial charge in [0.25, 0.3) is 5.91 Å². The first kappa shape index (κ1) is 17.9. The monoisotopic (exact) mass is 378 g/mol. The number of carbonyl (C=O) groups is 1. The van der Waals surface area contributed by atoms with Gasteiger partial charge in [0, 0.05) is 24.3 Å². The minimum atomic E-state index is 0.0735. The molecule has 0 radical (unpaired) electrons. The zero-order valence-corrected chi connectivity index (χ0v) is 15.4. The third-order valence-electron chi connectivity index (χ3n) is 4.75. The van der Waals surface area contributed by atoms with Crippen LogP contribution in [0, 0.1) is 0 Å². The van der Waals surface area contributed by atoms with Crippen LogP contribution in [-0.2, 0) is 6.54 Å². The summed E-state index contributed by atoms with van der Waals surface area (Å²) < 4.78 is 0. The molecular formula is C19H22N8O. The molecule has 1 fully saturated rings. The van der Waals surface area contributed by atoms with Crippen LogP contribution in [0.5, 0.6) is 0 Å². The van der Waals surface area contributed by atoms with E-state index in [0.717, 1.165) is 31.6 Å². The van der Waals surface area contributed by atoms with Gasteiger partial charge in [-0.05, 0) is 43.5 Å². The lowest BCUT2D eigenvalue weighted by Crippen LogP contribution is -2.35. The van der Waals surface area contributed by atoms with E-state index in [4.69, 9.17) is 11.5 Å². The first-order valence-corrected chi connectivity index (χ1v) is 9.28. The number of nitrogens with two attached hydrogens (primary N) is 2. The fraction of sp³-hybridized carbons (Fsp3) is 0.316. The number of aromatic nitrogens is 4. The van der Waals surface area contributed by atoms with E-state index in [2.05, 4.69) is 25.3 Å². The highest BCUT2D eigenvalue weighted by atomic mass is 16.2. The summed E-state index contributed by atoms with van der Waals surface area (Å²) in [6.45, 7) is 2.14. The fourth-order valence-corrected chi connectivity index (χ4v) is 3.27. The SMILES string of the molecule is Nc1nc(N)c2nc(CNc3ccc(C(=O)N4CCCCC4)cc3)cnc2n1. The van der Waals surface area contributed by atoms with Crippen LogP contribution >= 0.6 is 0 Å². The van der Waals surface area contributed by atoms with Gasteiger partial charge in [-0.25, -0.2) is 9.97 Å². The second-order valence-corrected chi connectivity index (χ2v) is 6.78. The molecule has 3 aromatic rings. The maximum absolute atomic E-state index is 12.5. The van der Waals surface area contributed by atoms with Gasteiger partial charge in [-0.3, -0.25) is 4.79 Å². The summed E-state index contributed by atoms with van der Waals surface area (Å²) in [6, 6.07) is 7.48. The van der Waals surface area contributed by atoms with Gasteiger partial charge in [0.2, 0.25) is 5.95 Å². The summed E-state index contributed by atoms with van der Waals surface area (Å²) in [5.74, 6) is 0.378. The molecule has 0 saturated carbocycles. The molecule has 9 heteroatoms. The van der Waals surface area contributed by atoms with Gasteiger partial charge < -0.3 is 21.7 Å². The maximum atomic E-state index is 12.5. The number of likely N-dealkylation sites (tertiary alicyclic amines) is 1. The topological polar surface area (TPSA) is 136 Å². The lowest BCUT2D eigenvalue weighted by molar-refractivity contribution is 0.0724. The van der Waals surface area contributed by atoms with E-state index in [0.29, 0.717) is 29.0 Å². The minimum absolute atomic E-state index is 0.0735. The Hall–Kier alpha value is -3.49. The lowest BCUT2D eigenvalue weighted by atomic mass is 10.1. The number of nitrogen functional groups attached to an aromatic ring is 2. The number of carbonyl (C=O) groups excluding carboxylic acids is 1. The molecule has 0 atom stereocenters. The van der Waals surface area contributed by atoms with Crippen molar-refractivity contribution in [3.05, 3.63) is 41.7 Å². The van der Waals surface area contributed by atoms with Crippen molar-refractivity contribution >= 4 is 34.5 Å². The summed E-state index contributed by atoms with van der Waals surface area (Å²) in [7, 11) is 0. The number of amides is 1. The molecule has 2 aromatic heterocycles. The number of hydrogen-bond acceptors (Lipinski definition) is 8. The van der Waals surface area contributed by atoms with Gasteiger partial charge in [-0.2, -0.15) is 9.97 Å². The van der Waals surface area contributed by atoms with Crippen molar-refractivity contribution in [1.29, 1.82) is 0 Å². The predicted molar refractivity (Wildman–Crippen MR) is 107 cm³/mol. The van der Waals surface area contributed by atoms with Crippen molar-refractivity contribution in [2.24, 2.45) is 0 Å². The highest BCUT2D eigenvalue weighted by Crippen LogP contribution is 2.17. The molecule has 1 aliphatic rings. The highest BCUT2D eigenvalue weighted by Gasteiger charge is 2.17. The zero-order valence-electron chi connectivity index (χ0n) is 15.4. The molecule has 28 heavy (non-hydrogen) atoms. The zero-order chi connectivity index (χ0) is 19.5. The van der Waals surface area contributed by atoms with Gasteiger partial charge in [-0.1, -0.05) is 0 Å². The summed E-state index contributed by atoms with van der Waals surface area (Å²) in [5.41, 5.74) is 14.5. The van der Waals surface area contributed by atoms with E-state index in [-0.39, 0.29) is 17.7 Å². The molecule has 1 aliphatic heterocycles. The van der Waals surface area contributed by atoms with Crippen molar-refractivity contribution in [3.8, 4) is 0 Å². The van der Waals surface area contributed by atoms with Crippen LogP contribution in [0.3, 0.4) is 0 Å². The average Bonchev–Trinajstić information content (AvgIpc) is 2.73. The molecule has 1 aromatic carbocycles. The third-order valence-corrected chi connectivity index (χ3v) is 4.75. The van der Waals surface area contributed by atoms with E-state index >= 15 is 0 Å². The Bertz CT molecular complexity index is 999. The fourth-order valence-electron chi connectivity index (χ4n) is 3.27. The number of piperidine rings is 1. The summed E-state index contributed by atoms with van der Waals surface area (Å²) in [5, 5.41) is 3.27. The number of nitrogens with zero attached hydrogens (tertiary/aromatic N) is 5. The van der Waals surface area contributed by atoms with E-state index in [1.165, 1.54) is 6.42 Å². The van der Waals surface area contributed by atoms with Gasteiger partial charge in [-0.15, -0.1) is 0 Å². The van der Waals surface area contributed by atoms with Gasteiger partial charge in [0.15, 0.2) is 17.0 Å². The first-order valence-electron chi connectivity index (χ1n) is 9.28. The molecule has 0 unspecified atom stereocenters. The Morgan fingerprint density at radius 1 is 1.04 bits per heavy atom. The lowest BCUT2D eigenvalue weighted by Gasteiger charge is -2.26. The molecule has 0 aliphatic carbocycles. The van der Waals surface area contributed by atoms with Crippen molar-refractivity contribution in [1.82, 2.24) is 24.8 Å².